The quantitative estimate of drug-likeness (QED) is 0.519. The van der Waals surface area contributed by atoms with Gasteiger partial charge in [0.05, 0.1) is 6.61 Å². The van der Waals surface area contributed by atoms with E-state index in [0.29, 0.717) is 6.61 Å². The first kappa shape index (κ1) is 19.5. The van der Waals surface area contributed by atoms with Gasteiger partial charge in [0.15, 0.2) is 0 Å². The van der Waals surface area contributed by atoms with E-state index in [2.05, 4.69) is 5.48 Å². The lowest BCUT2D eigenvalue weighted by molar-refractivity contribution is -0.141. The predicted octanol–water partition coefficient (Wildman–Crippen LogP) is 4.11. The van der Waals surface area contributed by atoms with Crippen molar-refractivity contribution < 1.29 is 23.2 Å². The lowest BCUT2D eigenvalue weighted by atomic mass is 10.1. The minimum atomic E-state index is -4.13. The summed E-state index contributed by atoms with van der Waals surface area (Å²) in [5, 5.41) is 0. The van der Waals surface area contributed by atoms with Crippen LogP contribution in [0.2, 0.25) is 0 Å². The number of carbonyl (C=O) groups excluding carboxylic acids is 1. The number of rotatable bonds is 9. The maximum atomic E-state index is 12.4. The highest BCUT2D eigenvalue weighted by molar-refractivity contribution is 7.82. The zero-order valence-corrected chi connectivity index (χ0v) is 15.3. The van der Waals surface area contributed by atoms with Crippen molar-refractivity contribution in [3.63, 3.8) is 0 Å². The monoisotopic (exact) mass is 383 g/mol. The van der Waals surface area contributed by atoms with E-state index in [9.17, 15) is 9.36 Å². The zero-order valence-electron chi connectivity index (χ0n) is 13.6. The topological polar surface area (TPSA) is 73.9 Å². The second kappa shape index (κ2) is 9.59. The van der Waals surface area contributed by atoms with Gasteiger partial charge in [-0.25, -0.2) is 9.36 Å². The van der Waals surface area contributed by atoms with Gasteiger partial charge in [-0.15, -0.1) is 0 Å². The van der Waals surface area contributed by atoms with E-state index in [1.807, 2.05) is 30.3 Å². The number of benzene rings is 2. The van der Waals surface area contributed by atoms with Crippen molar-refractivity contribution in [2.75, 3.05) is 6.61 Å². The molecule has 2 atom stereocenters. The first-order valence-corrected chi connectivity index (χ1v) is 10.1. The molecular weight excluding hydrogens is 365 g/mol. The van der Waals surface area contributed by atoms with Crippen LogP contribution in [0.25, 0.3) is 0 Å². The Kier molecular flexibility index (Phi) is 7.47. The lowest BCUT2D eigenvalue weighted by Crippen LogP contribution is -2.39. The second-order valence-electron chi connectivity index (χ2n) is 5.04. The van der Waals surface area contributed by atoms with Crippen LogP contribution in [-0.2, 0) is 25.1 Å². The molecule has 0 fully saturated rings. The van der Waals surface area contributed by atoms with Crippen molar-refractivity contribution >= 4 is 24.2 Å². The third-order valence-electron chi connectivity index (χ3n) is 3.09. The Morgan fingerprint density at radius 1 is 1.12 bits per heavy atom. The normalized spacial score (nSPS) is 14.3. The molecule has 0 aliphatic rings. The van der Waals surface area contributed by atoms with Gasteiger partial charge in [-0.2, -0.15) is 5.48 Å². The van der Waals surface area contributed by atoms with E-state index >= 15 is 0 Å². The van der Waals surface area contributed by atoms with Gasteiger partial charge in [0.1, 0.15) is 11.8 Å². The molecule has 0 spiro atoms. The number of hydrogen-bond acceptors (Lipinski definition) is 6. The van der Waals surface area contributed by atoms with Gasteiger partial charge >= 0.3 is 12.9 Å². The number of para-hydroxylation sites is 1. The summed E-state index contributed by atoms with van der Waals surface area (Å²) in [7, 11) is 0. The molecule has 0 aliphatic heterocycles. The van der Waals surface area contributed by atoms with E-state index in [1.165, 1.54) is 0 Å². The Morgan fingerprint density at radius 2 is 1.72 bits per heavy atom. The summed E-state index contributed by atoms with van der Waals surface area (Å²) in [6.07, 6.45) is 0.280. The average Bonchev–Trinajstić information content (AvgIpc) is 2.59. The summed E-state index contributed by atoms with van der Waals surface area (Å²) in [5.74, 6) is -0.586. The fourth-order valence-corrected chi connectivity index (χ4v) is 3.20. The van der Waals surface area contributed by atoms with E-state index < -0.39 is 19.0 Å². The fourth-order valence-electron chi connectivity index (χ4n) is 2.00. The Morgan fingerprint density at radius 3 is 2.32 bits per heavy atom. The maximum Gasteiger partial charge on any atom is 0.532 e. The smallest absolute Gasteiger partial charge is 0.405 e. The molecule has 0 saturated carbocycles. The van der Waals surface area contributed by atoms with Crippen molar-refractivity contribution in [2.45, 2.75) is 19.4 Å². The summed E-state index contributed by atoms with van der Waals surface area (Å²) >= 11 is 5.77. The van der Waals surface area contributed by atoms with Crippen molar-refractivity contribution in [3.05, 3.63) is 66.2 Å². The van der Waals surface area contributed by atoms with Crippen molar-refractivity contribution in [1.29, 1.82) is 0 Å². The standard InChI is InChI=1S/C17H19ClNO5P/c1-2-22-19-16(13-14-9-5-3-6-10-14)17(20)24-25(18,21)23-15-11-7-4-8-12-15/h3-12,16,19H,2,13H2,1H3. The van der Waals surface area contributed by atoms with Crippen molar-refractivity contribution in [2.24, 2.45) is 0 Å². The molecule has 0 radical (unpaired) electrons. The van der Waals surface area contributed by atoms with Gasteiger partial charge in [0.2, 0.25) is 0 Å². The average molecular weight is 384 g/mol. The summed E-state index contributed by atoms with van der Waals surface area (Å²) < 4.78 is 22.2. The molecular formula is C17H19ClNO5P. The van der Waals surface area contributed by atoms with E-state index in [4.69, 9.17) is 25.1 Å². The summed E-state index contributed by atoms with van der Waals surface area (Å²) in [4.78, 5) is 17.5. The molecule has 0 aliphatic carbocycles. The van der Waals surface area contributed by atoms with Crippen molar-refractivity contribution in [1.82, 2.24) is 5.48 Å². The van der Waals surface area contributed by atoms with Crippen LogP contribution in [0.5, 0.6) is 5.75 Å². The number of nitrogens with one attached hydrogen (secondary N) is 1. The highest BCUT2D eigenvalue weighted by atomic mass is 35.7. The summed E-state index contributed by atoms with van der Waals surface area (Å²) in [6.45, 7) is -2.02. The molecule has 0 heterocycles. The lowest BCUT2D eigenvalue weighted by Gasteiger charge is -2.19. The molecule has 25 heavy (non-hydrogen) atoms. The zero-order chi connectivity index (χ0) is 18.1. The van der Waals surface area contributed by atoms with Crippen LogP contribution in [0.4, 0.5) is 0 Å². The molecule has 1 N–H and O–H groups in total. The van der Waals surface area contributed by atoms with E-state index in [0.717, 1.165) is 5.56 Å². The number of carbonyl (C=O) groups is 1. The minimum absolute atomic E-state index is 0.242. The van der Waals surface area contributed by atoms with Crippen LogP contribution < -0.4 is 10.0 Å². The minimum Gasteiger partial charge on any atom is -0.405 e. The van der Waals surface area contributed by atoms with Gasteiger partial charge in [-0.3, -0.25) is 0 Å². The Labute approximate surface area is 151 Å². The van der Waals surface area contributed by atoms with Gasteiger partial charge in [0, 0.05) is 17.7 Å². The molecule has 2 aromatic rings. The van der Waals surface area contributed by atoms with Crippen molar-refractivity contribution in [3.8, 4) is 5.75 Å². The Hall–Kier alpha value is -1.85. The second-order valence-corrected chi connectivity index (χ2v) is 7.51. The van der Waals surface area contributed by atoms with Crippen LogP contribution >= 0.6 is 18.2 Å². The number of hydroxylamine groups is 1. The molecule has 0 amide bonds. The Balaban J connectivity index is 2.03. The molecule has 2 aromatic carbocycles. The molecule has 8 heteroatoms. The molecule has 0 bridgehead atoms. The summed E-state index contributed by atoms with van der Waals surface area (Å²) in [6, 6.07) is 16.6. The molecule has 2 rings (SSSR count). The van der Waals surface area contributed by atoms with Crippen LogP contribution in [0.3, 0.4) is 0 Å². The number of halogens is 1. The first-order valence-electron chi connectivity index (χ1n) is 7.69. The SMILES string of the molecule is CCONC(Cc1ccccc1)C(=O)OP(=O)(Cl)Oc1ccccc1. The van der Waals surface area contributed by atoms with E-state index in [-0.39, 0.29) is 12.2 Å². The highest BCUT2D eigenvalue weighted by Gasteiger charge is 2.32. The molecule has 0 aromatic heterocycles. The fraction of sp³-hybridized carbons (Fsp3) is 0.235. The van der Waals surface area contributed by atoms with Crippen LogP contribution in [0, 0.1) is 0 Å². The molecule has 134 valence electrons. The summed E-state index contributed by atoms with van der Waals surface area (Å²) in [5.41, 5.74) is 3.47. The largest absolute Gasteiger partial charge is 0.532 e. The van der Waals surface area contributed by atoms with Gasteiger partial charge < -0.3 is 13.9 Å². The molecule has 0 saturated heterocycles. The van der Waals surface area contributed by atoms with E-state index in [1.54, 1.807) is 37.3 Å². The van der Waals surface area contributed by atoms with Gasteiger partial charge in [-0.1, -0.05) is 48.5 Å². The van der Waals surface area contributed by atoms with Gasteiger partial charge in [0.25, 0.3) is 0 Å². The van der Waals surface area contributed by atoms with Crippen LogP contribution in [-0.4, -0.2) is 18.6 Å². The van der Waals surface area contributed by atoms with Gasteiger partial charge in [-0.05, 0) is 24.6 Å². The van der Waals surface area contributed by atoms with Crippen LogP contribution in [0.15, 0.2) is 60.7 Å². The van der Waals surface area contributed by atoms with Crippen LogP contribution in [0.1, 0.15) is 12.5 Å². The third kappa shape index (κ3) is 6.88. The first-order chi connectivity index (χ1) is 12.0. The molecule has 6 nitrogen and oxygen atoms in total. The highest BCUT2D eigenvalue weighted by Crippen LogP contribution is 2.53. The maximum absolute atomic E-state index is 12.4. The predicted molar refractivity (Wildman–Crippen MR) is 95.3 cm³/mol. The third-order valence-corrected chi connectivity index (χ3v) is 4.33. The molecule has 2 unspecified atom stereocenters. The number of hydrogen-bond donors (Lipinski definition) is 1. The Bertz CT molecular complexity index is 713.